The zero-order valence-corrected chi connectivity index (χ0v) is 29.7. The summed E-state index contributed by atoms with van der Waals surface area (Å²) < 4.78 is 11.6. The predicted octanol–water partition coefficient (Wildman–Crippen LogP) is 5.59. The summed E-state index contributed by atoms with van der Waals surface area (Å²) in [5.74, 6) is -2.16. The third-order valence-corrected chi connectivity index (χ3v) is 8.28. The van der Waals surface area contributed by atoms with Gasteiger partial charge in [0, 0.05) is 35.6 Å². The summed E-state index contributed by atoms with van der Waals surface area (Å²) >= 11 is 3.41. The Balaban J connectivity index is 1.51. The second kappa shape index (κ2) is 17.6. The molecule has 4 aromatic rings. The standard InChI is InChI=1S/C37H38BrN5O7/c1-25(36(47)49-4)26-12-10-14-28(20-26)40-37(48)39-22-33(44)43(23-34(45)41(2)29-15-6-5-7-16-29)31-18-8-9-19-32(31)50-24-35(46)42(3)30-17-11-13-27(38)21-30/h5-21,25H,22-24H2,1-4H3,(H2,39,40,48). The van der Waals surface area contributed by atoms with E-state index in [1.165, 1.54) is 21.8 Å². The van der Waals surface area contributed by atoms with Crippen LogP contribution < -0.4 is 30.1 Å². The minimum absolute atomic E-state index is 0.188. The van der Waals surface area contributed by atoms with Crippen LogP contribution in [0, 0.1) is 0 Å². The molecule has 0 radical (unpaired) electrons. The fourth-order valence-corrected chi connectivity index (χ4v) is 5.22. The van der Waals surface area contributed by atoms with Crippen LogP contribution in [0.3, 0.4) is 0 Å². The van der Waals surface area contributed by atoms with Crippen molar-refractivity contribution >= 4 is 68.4 Å². The highest BCUT2D eigenvalue weighted by Gasteiger charge is 2.26. The summed E-state index contributed by atoms with van der Waals surface area (Å²) in [5.41, 5.74) is 2.54. The Kier molecular flexibility index (Phi) is 13.1. The fraction of sp³-hybridized carbons (Fsp3) is 0.216. The Bertz CT molecular complexity index is 1840. The van der Waals surface area contributed by atoms with Crippen molar-refractivity contribution < 1.29 is 33.4 Å². The Morgan fingerprint density at radius 3 is 2.14 bits per heavy atom. The van der Waals surface area contributed by atoms with Crippen molar-refractivity contribution in [1.29, 1.82) is 0 Å². The lowest BCUT2D eigenvalue weighted by Gasteiger charge is -2.27. The van der Waals surface area contributed by atoms with E-state index in [-0.39, 0.29) is 24.0 Å². The molecule has 0 fully saturated rings. The van der Waals surface area contributed by atoms with Crippen molar-refractivity contribution in [2.45, 2.75) is 12.8 Å². The highest BCUT2D eigenvalue weighted by molar-refractivity contribution is 9.10. The summed E-state index contributed by atoms with van der Waals surface area (Å²) in [4.78, 5) is 69.3. The number of esters is 1. The van der Waals surface area contributed by atoms with Crippen LogP contribution in [0.5, 0.6) is 5.75 Å². The normalized spacial score (nSPS) is 11.1. The highest BCUT2D eigenvalue weighted by atomic mass is 79.9. The molecule has 1 atom stereocenters. The molecule has 2 N–H and O–H groups in total. The maximum absolute atomic E-state index is 13.8. The van der Waals surface area contributed by atoms with E-state index in [1.54, 1.807) is 106 Å². The van der Waals surface area contributed by atoms with E-state index in [2.05, 4.69) is 26.6 Å². The van der Waals surface area contributed by atoms with Crippen LogP contribution in [0.15, 0.2) is 108 Å². The number of hydrogen-bond acceptors (Lipinski definition) is 7. The summed E-state index contributed by atoms with van der Waals surface area (Å²) in [7, 11) is 4.52. The van der Waals surface area contributed by atoms with E-state index >= 15 is 0 Å². The van der Waals surface area contributed by atoms with Gasteiger partial charge in [0.1, 0.15) is 12.3 Å². The molecule has 0 saturated heterocycles. The quantitative estimate of drug-likeness (QED) is 0.171. The van der Waals surface area contributed by atoms with Gasteiger partial charge in [0.2, 0.25) is 11.8 Å². The second-order valence-corrected chi connectivity index (χ2v) is 12.1. The van der Waals surface area contributed by atoms with Gasteiger partial charge in [-0.3, -0.25) is 24.1 Å². The number of nitrogens with one attached hydrogen (secondary N) is 2. The number of likely N-dealkylation sites (N-methyl/N-ethyl adjacent to an activating group) is 2. The Morgan fingerprint density at radius 1 is 0.760 bits per heavy atom. The average molecular weight is 745 g/mol. The van der Waals surface area contributed by atoms with Gasteiger partial charge >= 0.3 is 12.0 Å². The number of para-hydroxylation sites is 3. The van der Waals surface area contributed by atoms with Crippen LogP contribution >= 0.6 is 15.9 Å². The molecule has 0 heterocycles. The molecular formula is C37H38BrN5O7. The molecule has 4 aromatic carbocycles. The van der Waals surface area contributed by atoms with Gasteiger partial charge in [-0.2, -0.15) is 0 Å². The van der Waals surface area contributed by atoms with Gasteiger partial charge < -0.3 is 29.9 Å². The van der Waals surface area contributed by atoms with Crippen molar-refractivity contribution in [1.82, 2.24) is 5.32 Å². The number of carbonyl (C=O) groups excluding carboxylic acids is 5. The summed E-state index contributed by atoms with van der Waals surface area (Å²) in [6.45, 7) is 0.458. The number of urea groups is 1. The average Bonchev–Trinajstić information content (AvgIpc) is 3.14. The maximum atomic E-state index is 13.8. The number of amides is 5. The molecular weight excluding hydrogens is 706 g/mol. The smallest absolute Gasteiger partial charge is 0.319 e. The molecule has 0 aliphatic rings. The van der Waals surface area contributed by atoms with E-state index in [9.17, 15) is 24.0 Å². The SMILES string of the molecule is COC(=O)C(C)c1cccc(NC(=O)NCC(=O)N(CC(=O)N(C)c2ccccc2)c2ccccc2OCC(=O)N(C)c2cccc(Br)c2)c1. The molecule has 0 spiro atoms. The lowest BCUT2D eigenvalue weighted by molar-refractivity contribution is -0.142. The summed E-state index contributed by atoms with van der Waals surface area (Å²) in [6.07, 6.45) is 0. The molecule has 0 aliphatic carbocycles. The van der Waals surface area contributed by atoms with Crippen molar-refractivity contribution in [2.24, 2.45) is 0 Å². The molecule has 12 nitrogen and oxygen atoms in total. The summed E-state index contributed by atoms with van der Waals surface area (Å²) in [6, 6.07) is 28.7. The van der Waals surface area contributed by atoms with Gasteiger partial charge in [0.25, 0.3) is 5.91 Å². The lowest BCUT2D eigenvalue weighted by atomic mass is 10.0. The fourth-order valence-electron chi connectivity index (χ4n) is 4.84. The number of anilines is 4. The van der Waals surface area contributed by atoms with Crippen LogP contribution in [0.4, 0.5) is 27.5 Å². The number of ether oxygens (including phenoxy) is 2. The minimum Gasteiger partial charge on any atom is -0.482 e. The molecule has 1 unspecified atom stereocenters. The van der Waals surface area contributed by atoms with E-state index in [1.807, 2.05) is 18.2 Å². The highest BCUT2D eigenvalue weighted by Crippen LogP contribution is 2.29. The van der Waals surface area contributed by atoms with Gasteiger partial charge in [0.15, 0.2) is 6.61 Å². The van der Waals surface area contributed by atoms with E-state index in [0.717, 1.165) is 4.47 Å². The summed E-state index contributed by atoms with van der Waals surface area (Å²) in [5, 5.41) is 5.20. The van der Waals surface area contributed by atoms with Crippen LogP contribution in [0.1, 0.15) is 18.4 Å². The number of carbonyl (C=O) groups is 5. The van der Waals surface area contributed by atoms with Crippen molar-refractivity contribution in [3.05, 3.63) is 113 Å². The van der Waals surface area contributed by atoms with Gasteiger partial charge in [-0.25, -0.2) is 4.79 Å². The lowest BCUT2D eigenvalue weighted by Crippen LogP contribution is -2.46. The van der Waals surface area contributed by atoms with Crippen LogP contribution in [-0.4, -0.2) is 70.6 Å². The number of halogens is 1. The Morgan fingerprint density at radius 2 is 1.42 bits per heavy atom. The van der Waals surface area contributed by atoms with Crippen molar-refractivity contribution in [2.75, 3.05) is 60.9 Å². The van der Waals surface area contributed by atoms with Gasteiger partial charge in [-0.05, 0) is 67.1 Å². The van der Waals surface area contributed by atoms with Crippen molar-refractivity contribution in [3.63, 3.8) is 0 Å². The number of methoxy groups -OCH3 is 1. The Hall–Kier alpha value is -5.69. The van der Waals surface area contributed by atoms with E-state index in [4.69, 9.17) is 9.47 Å². The van der Waals surface area contributed by atoms with E-state index in [0.29, 0.717) is 22.6 Å². The molecule has 260 valence electrons. The number of rotatable bonds is 13. The largest absolute Gasteiger partial charge is 0.482 e. The monoisotopic (exact) mass is 743 g/mol. The number of benzene rings is 4. The molecule has 5 amide bonds. The maximum Gasteiger partial charge on any atom is 0.319 e. The van der Waals surface area contributed by atoms with Gasteiger partial charge in [-0.1, -0.05) is 64.5 Å². The first-order valence-corrected chi connectivity index (χ1v) is 16.4. The van der Waals surface area contributed by atoms with E-state index < -0.39 is 42.8 Å². The third kappa shape index (κ3) is 9.92. The molecule has 0 bridgehead atoms. The van der Waals surface area contributed by atoms with Crippen LogP contribution in [0.2, 0.25) is 0 Å². The molecule has 0 aromatic heterocycles. The number of nitrogens with zero attached hydrogens (tertiary/aromatic N) is 3. The van der Waals surface area contributed by atoms with Gasteiger partial charge in [-0.15, -0.1) is 0 Å². The molecule has 4 rings (SSSR count). The molecule has 50 heavy (non-hydrogen) atoms. The topological polar surface area (TPSA) is 138 Å². The minimum atomic E-state index is -0.681. The molecule has 0 saturated carbocycles. The first-order chi connectivity index (χ1) is 24.0. The zero-order valence-electron chi connectivity index (χ0n) is 28.1. The first-order valence-electron chi connectivity index (χ1n) is 15.6. The van der Waals surface area contributed by atoms with Crippen molar-refractivity contribution in [3.8, 4) is 5.75 Å². The second-order valence-electron chi connectivity index (χ2n) is 11.1. The Labute approximate surface area is 299 Å². The van der Waals surface area contributed by atoms with Crippen LogP contribution in [-0.2, 0) is 23.9 Å². The predicted molar refractivity (Wildman–Crippen MR) is 196 cm³/mol. The third-order valence-electron chi connectivity index (χ3n) is 7.79. The van der Waals surface area contributed by atoms with Crippen LogP contribution in [0.25, 0.3) is 0 Å². The molecule has 0 aliphatic heterocycles. The first kappa shape index (κ1) is 37.1. The van der Waals surface area contributed by atoms with Gasteiger partial charge in [0.05, 0.1) is 25.3 Å². The zero-order chi connectivity index (χ0) is 36.2. The molecule has 13 heteroatoms. The number of hydrogen-bond donors (Lipinski definition) is 2.